The number of ether oxygens (including phenoxy) is 2. The number of rotatable bonds is 12. The van der Waals surface area contributed by atoms with E-state index in [9.17, 15) is 10.2 Å². The zero-order valence-electron chi connectivity index (χ0n) is 14.3. The van der Waals surface area contributed by atoms with Crippen LogP contribution in [0.25, 0.3) is 0 Å². The van der Waals surface area contributed by atoms with Crippen LogP contribution < -0.4 is 0 Å². The van der Waals surface area contributed by atoms with E-state index in [0.29, 0.717) is 25.9 Å². The van der Waals surface area contributed by atoms with Crippen molar-refractivity contribution >= 4 is 8.07 Å². The maximum Gasteiger partial charge on any atom is 0.0835 e. The second-order valence-corrected chi connectivity index (χ2v) is 13.7. The third kappa shape index (κ3) is 8.60. The normalized spacial score (nSPS) is 27.0. The molecule has 4 atom stereocenters. The standard InChI is InChI=1S/C16H33NO4Si/c1-22(2,3)6-4-5-17(9-13(18)7-15-11-20-15)10-14(19)8-16-12-21-16/h13-16,18-19H,4-12H2,1-3H3. The Hall–Kier alpha value is 0.0169. The Bertz CT molecular complexity index is 307. The minimum Gasteiger partial charge on any atom is -0.392 e. The monoisotopic (exact) mass is 331 g/mol. The lowest BCUT2D eigenvalue weighted by Gasteiger charge is -2.28. The average Bonchev–Trinajstić information content (AvgIpc) is 3.23. The maximum atomic E-state index is 10.2. The zero-order chi connectivity index (χ0) is 16.2. The van der Waals surface area contributed by atoms with E-state index in [0.717, 1.165) is 26.2 Å². The van der Waals surface area contributed by atoms with Crippen molar-refractivity contribution in [3.63, 3.8) is 0 Å². The Morgan fingerprint density at radius 1 is 1.00 bits per heavy atom. The molecular weight excluding hydrogens is 298 g/mol. The van der Waals surface area contributed by atoms with Crippen molar-refractivity contribution in [3.05, 3.63) is 0 Å². The Labute approximate surface area is 135 Å². The minimum atomic E-state index is -1.03. The molecule has 0 aromatic rings. The number of nitrogens with zero attached hydrogens (tertiary/aromatic N) is 1. The summed E-state index contributed by atoms with van der Waals surface area (Å²) in [4.78, 5) is 2.22. The van der Waals surface area contributed by atoms with Crippen LogP contribution in [0.1, 0.15) is 19.3 Å². The Balaban J connectivity index is 1.72. The van der Waals surface area contributed by atoms with E-state index >= 15 is 0 Å². The molecule has 2 aliphatic rings. The number of epoxide rings is 2. The Morgan fingerprint density at radius 3 is 1.82 bits per heavy atom. The summed E-state index contributed by atoms with van der Waals surface area (Å²) in [7, 11) is -1.03. The van der Waals surface area contributed by atoms with Gasteiger partial charge < -0.3 is 19.7 Å². The van der Waals surface area contributed by atoms with Gasteiger partial charge in [-0.3, -0.25) is 4.90 Å². The van der Waals surface area contributed by atoms with Gasteiger partial charge in [0.1, 0.15) is 0 Å². The van der Waals surface area contributed by atoms with E-state index < -0.39 is 8.07 Å². The van der Waals surface area contributed by atoms with E-state index in [-0.39, 0.29) is 24.4 Å². The number of hydrogen-bond acceptors (Lipinski definition) is 5. The molecule has 0 radical (unpaired) electrons. The highest BCUT2D eigenvalue weighted by Crippen LogP contribution is 2.19. The number of hydrogen-bond donors (Lipinski definition) is 2. The highest BCUT2D eigenvalue weighted by Gasteiger charge is 2.29. The van der Waals surface area contributed by atoms with Crippen molar-refractivity contribution < 1.29 is 19.7 Å². The molecule has 0 aromatic heterocycles. The van der Waals surface area contributed by atoms with Gasteiger partial charge >= 0.3 is 0 Å². The van der Waals surface area contributed by atoms with Crippen LogP contribution in [-0.2, 0) is 9.47 Å². The van der Waals surface area contributed by atoms with Crippen molar-refractivity contribution in [2.24, 2.45) is 0 Å². The van der Waals surface area contributed by atoms with Gasteiger partial charge in [0.25, 0.3) is 0 Å². The number of aliphatic hydroxyl groups is 2. The summed E-state index contributed by atoms with van der Waals surface area (Å²) in [5.41, 5.74) is 0. The first-order valence-corrected chi connectivity index (χ1v) is 12.3. The van der Waals surface area contributed by atoms with Gasteiger partial charge in [0.05, 0.1) is 37.6 Å². The fourth-order valence-corrected chi connectivity index (χ4v) is 4.07. The Morgan fingerprint density at radius 2 is 1.45 bits per heavy atom. The first kappa shape index (κ1) is 18.4. The quantitative estimate of drug-likeness (QED) is 0.417. The molecule has 130 valence electrons. The fourth-order valence-electron chi connectivity index (χ4n) is 2.85. The van der Waals surface area contributed by atoms with Crippen LogP contribution in [-0.4, -0.2) is 80.5 Å². The molecule has 0 amide bonds. The molecule has 0 aromatic carbocycles. The largest absolute Gasteiger partial charge is 0.392 e. The zero-order valence-corrected chi connectivity index (χ0v) is 15.3. The van der Waals surface area contributed by atoms with Gasteiger partial charge in [-0.2, -0.15) is 0 Å². The lowest BCUT2D eigenvalue weighted by molar-refractivity contribution is 0.0567. The van der Waals surface area contributed by atoms with E-state index in [2.05, 4.69) is 24.5 Å². The van der Waals surface area contributed by atoms with Crippen LogP contribution in [0.15, 0.2) is 0 Å². The van der Waals surface area contributed by atoms with Crippen molar-refractivity contribution in [3.8, 4) is 0 Å². The first-order chi connectivity index (χ1) is 10.3. The summed E-state index contributed by atoms with van der Waals surface area (Å²) in [6.07, 6.45) is 2.37. The molecular formula is C16H33NO4Si. The highest BCUT2D eigenvalue weighted by atomic mass is 28.3. The highest BCUT2D eigenvalue weighted by molar-refractivity contribution is 6.76. The van der Waals surface area contributed by atoms with Crippen molar-refractivity contribution in [2.45, 2.75) is 69.4 Å². The molecule has 2 rings (SSSR count). The minimum absolute atomic E-state index is 0.253. The maximum absolute atomic E-state index is 10.2. The molecule has 0 spiro atoms. The average molecular weight is 332 g/mol. The van der Waals surface area contributed by atoms with Gasteiger partial charge in [-0.25, -0.2) is 0 Å². The second-order valence-electron chi connectivity index (χ2n) is 8.11. The molecule has 4 unspecified atom stereocenters. The second kappa shape index (κ2) is 8.21. The van der Waals surface area contributed by atoms with Crippen molar-refractivity contribution in [2.75, 3.05) is 32.8 Å². The van der Waals surface area contributed by atoms with Crippen molar-refractivity contribution in [1.29, 1.82) is 0 Å². The molecule has 2 aliphatic heterocycles. The predicted molar refractivity (Wildman–Crippen MR) is 89.9 cm³/mol. The molecule has 2 fully saturated rings. The molecule has 22 heavy (non-hydrogen) atoms. The van der Waals surface area contributed by atoms with Crippen LogP contribution in [0.4, 0.5) is 0 Å². The van der Waals surface area contributed by atoms with Crippen LogP contribution in [0.5, 0.6) is 0 Å². The van der Waals surface area contributed by atoms with Gasteiger partial charge in [0, 0.05) is 34.0 Å². The van der Waals surface area contributed by atoms with Crippen LogP contribution in [0.2, 0.25) is 25.7 Å². The fraction of sp³-hybridized carbons (Fsp3) is 1.00. The van der Waals surface area contributed by atoms with Crippen LogP contribution in [0.3, 0.4) is 0 Å². The van der Waals surface area contributed by atoms with Crippen LogP contribution >= 0.6 is 0 Å². The first-order valence-electron chi connectivity index (χ1n) is 8.63. The van der Waals surface area contributed by atoms with Crippen molar-refractivity contribution in [1.82, 2.24) is 4.90 Å². The van der Waals surface area contributed by atoms with E-state index in [4.69, 9.17) is 9.47 Å². The lowest BCUT2D eigenvalue weighted by Crippen LogP contribution is -2.40. The molecule has 0 aliphatic carbocycles. The molecule has 2 heterocycles. The summed E-state index contributed by atoms with van der Waals surface area (Å²) in [6, 6.07) is 1.28. The summed E-state index contributed by atoms with van der Waals surface area (Å²) in [5, 5.41) is 20.4. The van der Waals surface area contributed by atoms with E-state index in [1.165, 1.54) is 6.04 Å². The molecule has 0 saturated carbocycles. The SMILES string of the molecule is C[Si](C)(C)CCCN(CC(O)CC1CO1)CC(O)CC1CO1. The van der Waals surface area contributed by atoms with Crippen LogP contribution in [0, 0.1) is 0 Å². The smallest absolute Gasteiger partial charge is 0.0835 e. The molecule has 2 saturated heterocycles. The Kier molecular flexibility index (Phi) is 6.85. The lowest BCUT2D eigenvalue weighted by atomic mass is 10.1. The molecule has 2 N–H and O–H groups in total. The van der Waals surface area contributed by atoms with Gasteiger partial charge in [-0.05, 0) is 13.0 Å². The summed E-state index contributed by atoms with van der Waals surface area (Å²) >= 11 is 0. The topological polar surface area (TPSA) is 68.8 Å². The predicted octanol–water partition coefficient (Wildman–Crippen LogP) is 1.32. The summed E-state index contributed by atoms with van der Waals surface area (Å²) in [6.45, 7) is 10.9. The molecule has 5 nitrogen and oxygen atoms in total. The van der Waals surface area contributed by atoms with Gasteiger partial charge in [0.2, 0.25) is 0 Å². The third-order valence-electron chi connectivity index (χ3n) is 4.21. The van der Waals surface area contributed by atoms with E-state index in [1.54, 1.807) is 0 Å². The van der Waals surface area contributed by atoms with Gasteiger partial charge in [0.15, 0.2) is 0 Å². The van der Waals surface area contributed by atoms with Gasteiger partial charge in [-0.1, -0.05) is 25.7 Å². The van der Waals surface area contributed by atoms with E-state index in [1.807, 2.05) is 0 Å². The van der Waals surface area contributed by atoms with Gasteiger partial charge in [-0.15, -0.1) is 0 Å². The molecule has 6 heteroatoms. The summed E-state index contributed by atoms with van der Waals surface area (Å²) in [5.74, 6) is 0. The molecule has 0 bridgehead atoms. The summed E-state index contributed by atoms with van der Waals surface area (Å²) < 4.78 is 10.4. The number of aliphatic hydroxyl groups excluding tert-OH is 2. The third-order valence-corrected chi connectivity index (χ3v) is 6.07.